The highest BCUT2D eigenvalue weighted by Gasteiger charge is 2.08. The minimum atomic E-state index is 0.640. The second-order valence-electron chi connectivity index (χ2n) is 4.36. The molecule has 108 valence electrons. The number of aryl methyl sites for hydroxylation is 1. The number of aldehydes is 1. The quantitative estimate of drug-likeness (QED) is 0.614. The number of hydrogen-bond donors (Lipinski definition) is 0. The number of carbonyl (C=O) groups is 1. The molecule has 2 heterocycles. The molecule has 21 heavy (non-hydrogen) atoms. The predicted octanol–water partition coefficient (Wildman–Crippen LogP) is 4.49. The first-order chi connectivity index (χ1) is 10.2. The standard InChI is InChI=1S/C15H14N2O.C3H6/c1-3-5-12-8-15(13-6-4-7-16-9-13)17-11(2)14(12)10-18;1-3-2/h3-10H,1-2H3;3H,1H2,2H3/b5-3-;. The Hall–Kier alpha value is -2.55. The van der Waals surface area contributed by atoms with Gasteiger partial charge in [0.2, 0.25) is 0 Å². The molecule has 0 saturated heterocycles. The first kappa shape index (κ1) is 16.5. The molecule has 0 radical (unpaired) electrons. The molecule has 0 bridgehead atoms. The second kappa shape index (κ2) is 8.59. The molecule has 0 fully saturated rings. The Kier molecular flexibility index (Phi) is 6.75. The molecule has 2 aromatic heterocycles. The predicted molar refractivity (Wildman–Crippen MR) is 88.2 cm³/mol. The molecule has 0 unspecified atom stereocenters. The molecule has 3 heteroatoms. The average Bonchev–Trinajstić information content (AvgIpc) is 2.49. The fourth-order valence-corrected chi connectivity index (χ4v) is 1.84. The smallest absolute Gasteiger partial charge is 0.152 e. The van der Waals surface area contributed by atoms with Gasteiger partial charge in [0.05, 0.1) is 5.69 Å². The Morgan fingerprint density at radius 3 is 2.52 bits per heavy atom. The fourth-order valence-electron chi connectivity index (χ4n) is 1.84. The molecule has 0 atom stereocenters. The summed E-state index contributed by atoms with van der Waals surface area (Å²) in [7, 11) is 0. The van der Waals surface area contributed by atoms with Crippen molar-refractivity contribution >= 4 is 12.4 Å². The number of hydrogen-bond acceptors (Lipinski definition) is 3. The first-order valence-corrected chi connectivity index (χ1v) is 6.74. The Balaban J connectivity index is 0.000000677. The number of aromatic nitrogens is 2. The number of rotatable bonds is 3. The van der Waals surface area contributed by atoms with E-state index in [0.29, 0.717) is 5.56 Å². The maximum Gasteiger partial charge on any atom is 0.152 e. The summed E-state index contributed by atoms with van der Waals surface area (Å²) in [5, 5.41) is 0. The van der Waals surface area contributed by atoms with Crippen molar-refractivity contribution in [1.82, 2.24) is 9.97 Å². The zero-order valence-corrected chi connectivity index (χ0v) is 12.7. The van der Waals surface area contributed by atoms with Crippen molar-refractivity contribution in [1.29, 1.82) is 0 Å². The molecule has 0 amide bonds. The molecule has 0 spiro atoms. The van der Waals surface area contributed by atoms with Crippen LogP contribution in [0.1, 0.15) is 35.5 Å². The Morgan fingerprint density at radius 2 is 2.00 bits per heavy atom. The molecule has 0 aromatic carbocycles. The van der Waals surface area contributed by atoms with Crippen molar-refractivity contribution in [3.8, 4) is 11.3 Å². The molecule has 0 aliphatic heterocycles. The lowest BCUT2D eigenvalue weighted by molar-refractivity contribution is 0.112. The maximum atomic E-state index is 11.1. The van der Waals surface area contributed by atoms with E-state index >= 15 is 0 Å². The third-order valence-electron chi connectivity index (χ3n) is 2.70. The van der Waals surface area contributed by atoms with Gasteiger partial charge < -0.3 is 0 Å². The fraction of sp³-hybridized carbons (Fsp3) is 0.167. The van der Waals surface area contributed by atoms with Crippen LogP contribution in [0.25, 0.3) is 17.3 Å². The molecular formula is C18H20N2O. The minimum absolute atomic E-state index is 0.640. The van der Waals surface area contributed by atoms with Crippen LogP contribution in [0.4, 0.5) is 0 Å². The van der Waals surface area contributed by atoms with Crippen LogP contribution in [0.2, 0.25) is 0 Å². The van der Waals surface area contributed by atoms with E-state index in [0.717, 1.165) is 28.8 Å². The highest BCUT2D eigenvalue weighted by molar-refractivity contribution is 5.84. The van der Waals surface area contributed by atoms with Crippen molar-refractivity contribution in [3.63, 3.8) is 0 Å². The van der Waals surface area contributed by atoms with Crippen molar-refractivity contribution in [2.75, 3.05) is 0 Å². The summed E-state index contributed by atoms with van der Waals surface area (Å²) in [6.07, 6.45) is 9.92. The molecular weight excluding hydrogens is 260 g/mol. The van der Waals surface area contributed by atoms with Gasteiger partial charge in [0.1, 0.15) is 0 Å². The van der Waals surface area contributed by atoms with Gasteiger partial charge in [0, 0.05) is 29.2 Å². The lowest BCUT2D eigenvalue weighted by Crippen LogP contribution is -1.97. The third-order valence-corrected chi connectivity index (χ3v) is 2.70. The van der Waals surface area contributed by atoms with Gasteiger partial charge in [-0.3, -0.25) is 14.8 Å². The normalized spacial score (nSPS) is 9.86. The summed E-state index contributed by atoms with van der Waals surface area (Å²) in [5.74, 6) is 0. The monoisotopic (exact) mass is 280 g/mol. The van der Waals surface area contributed by atoms with E-state index in [1.165, 1.54) is 0 Å². The minimum Gasteiger partial charge on any atom is -0.298 e. The number of nitrogens with zero attached hydrogens (tertiary/aromatic N) is 2. The van der Waals surface area contributed by atoms with Gasteiger partial charge in [-0.05, 0) is 44.5 Å². The van der Waals surface area contributed by atoms with Gasteiger partial charge in [0.15, 0.2) is 6.29 Å². The summed E-state index contributed by atoms with van der Waals surface area (Å²) in [6.45, 7) is 9.02. The number of pyridine rings is 2. The molecule has 0 saturated carbocycles. The van der Waals surface area contributed by atoms with Crippen molar-refractivity contribution in [2.45, 2.75) is 20.8 Å². The first-order valence-electron chi connectivity index (χ1n) is 6.74. The Bertz CT molecular complexity index is 631. The van der Waals surface area contributed by atoms with Crippen LogP contribution in [0.3, 0.4) is 0 Å². The van der Waals surface area contributed by atoms with Crippen LogP contribution in [0.15, 0.2) is 49.3 Å². The van der Waals surface area contributed by atoms with E-state index in [-0.39, 0.29) is 0 Å². The van der Waals surface area contributed by atoms with E-state index < -0.39 is 0 Å². The van der Waals surface area contributed by atoms with E-state index in [4.69, 9.17) is 0 Å². The summed E-state index contributed by atoms with van der Waals surface area (Å²) in [4.78, 5) is 19.6. The highest BCUT2D eigenvalue weighted by atomic mass is 16.1. The lowest BCUT2D eigenvalue weighted by atomic mass is 10.0. The SMILES string of the molecule is C/C=C\c1cc(-c2cccnc2)nc(C)c1C=O.C=CC. The highest BCUT2D eigenvalue weighted by Crippen LogP contribution is 2.21. The van der Waals surface area contributed by atoms with Crippen LogP contribution < -0.4 is 0 Å². The summed E-state index contributed by atoms with van der Waals surface area (Å²) >= 11 is 0. The van der Waals surface area contributed by atoms with Crippen molar-refractivity contribution < 1.29 is 4.79 Å². The number of allylic oxidation sites excluding steroid dienone is 2. The van der Waals surface area contributed by atoms with Gasteiger partial charge >= 0.3 is 0 Å². The van der Waals surface area contributed by atoms with Gasteiger partial charge in [-0.15, -0.1) is 6.58 Å². The average molecular weight is 280 g/mol. The van der Waals surface area contributed by atoms with E-state index in [1.54, 1.807) is 18.5 Å². The Morgan fingerprint density at radius 1 is 1.29 bits per heavy atom. The molecule has 2 aromatic rings. The van der Waals surface area contributed by atoms with E-state index in [9.17, 15) is 4.79 Å². The van der Waals surface area contributed by atoms with Gasteiger partial charge in [0.25, 0.3) is 0 Å². The van der Waals surface area contributed by atoms with E-state index in [2.05, 4.69) is 16.5 Å². The topological polar surface area (TPSA) is 42.9 Å². The zero-order valence-electron chi connectivity index (χ0n) is 12.7. The zero-order chi connectivity index (χ0) is 15.7. The summed E-state index contributed by atoms with van der Waals surface area (Å²) in [6, 6.07) is 5.73. The van der Waals surface area contributed by atoms with Gasteiger partial charge in [-0.25, -0.2) is 0 Å². The maximum absolute atomic E-state index is 11.1. The molecule has 2 rings (SSSR count). The summed E-state index contributed by atoms with van der Waals surface area (Å²) in [5.41, 5.74) is 4.04. The summed E-state index contributed by atoms with van der Waals surface area (Å²) < 4.78 is 0. The lowest BCUT2D eigenvalue weighted by Gasteiger charge is -2.07. The molecule has 3 nitrogen and oxygen atoms in total. The third kappa shape index (κ3) is 4.49. The second-order valence-corrected chi connectivity index (χ2v) is 4.36. The van der Waals surface area contributed by atoms with Crippen LogP contribution in [-0.2, 0) is 0 Å². The Labute approximate surface area is 126 Å². The van der Waals surface area contributed by atoms with Crippen LogP contribution in [0, 0.1) is 6.92 Å². The van der Waals surface area contributed by atoms with Crippen molar-refractivity contribution in [3.05, 3.63) is 66.1 Å². The number of carbonyl (C=O) groups excluding carboxylic acids is 1. The molecule has 0 aliphatic rings. The molecule has 0 aliphatic carbocycles. The van der Waals surface area contributed by atoms with E-state index in [1.807, 2.05) is 51.1 Å². The van der Waals surface area contributed by atoms with Crippen LogP contribution in [0.5, 0.6) is 0 Å². The van der Waals surface area contributed by atoms with Crippen molar-refractivity contribution in [2.24, 2.45) is 0 Å². The largest absolute Gasteiger partial charge is 0.298 e. The molecule has 0 N–H and O–H groups in total. The van der Waals surface area contributed by atoms with Gasteiger partial charge in [-0.2, -0.15) is 0 Å². The van der Waals surface area contributed by atoms with Crippen LogP contribution in [-0.4, -0.2) is 16.3 Å². The van der Waals surface area contributed by atoms with Crippen LogP contribution >= 0.6 is 0 Å². The van der Waals surface area contributed by atoms with Gasteiger partial charge in [-0.1, -0.05) is 18.2 Å².